The number of carbonyl (C=O) groups excluding carboxylic acids is 1. The molecule has 0 bridgehead atoms. The van der Waals surface area contributed by atoms with Crippen molar-refractivity contribution in [1.82, 2.24) is 15.5 Å². The Bertz CT molecular complexity index is 1040. The van der Waals surface area contributed by atoms with Crippen molar-refractivity contribution in [2.24, 2.45) is 11.8 Å². The predicted octanol–water partition coefficient (Wildman–Crippen LogP) is 2.66. The number of carbonyl (C=O) groups is 1. The van der Waals surface area contributed by atoms with E-state index in [1.165, 1.54) is 0 Å². The van der Waals surface area contributed by atoms with Gasteiger partial charge in [0.05, 0.1) is 17.3 Å². The molecule has 0 radical (unpaired) electrons. The van der Waals surface area contributed by atoms with Gasteiger partial charge in [0.15, 0.2) is 6.10 Å². The highest BCUT2D eigenvalue weighted by Gasteiger charge is 2.62. The number of aromatic amines is 1. The van der Waals surface area contributed by atoms with Crippen molar-refractivity contribution >= 4 is 28.4 Å². The Morgan fingerprint density at radius 3 is 2.68 bits per heavy atom. The second kappa shape index (κ2) is 6.30. The third kappa shape index (κ3) is 2.80. The topological polar surface area (TPSA) is 98.2 Å². The number of aromatic nitrogens is 2. The zero-order valence-corrected chi connectivity index (χ0v) is 15.7. The monoisotopic (exact) mass is 397 g/mol. The van der Waals surface area contributed by atoms with Gasteiger partial charge < -0.3 is 15.5 Å². The summed E-state index contributed by atoms with van der Waals surface area (Å²) < 4.78 is 0. The van der Waals surface area contributed by atoms with Gasteiger partial charge in [-0.3, -0.25) is 9.89 Å². The van der Waals surface area contributed by atoms with Crippen molar-refractivity contribution < 1.29 is 15.0 Å². The quantitative estimate of drug-likeness (QED) is 0.544. The van der Waals surface area contributed by atoms with Crippen molar-refractivity contribution in [3.63, 3.8) is 0 Å². The molecule has 5 rings (SSSR count). The molecule has 2 aliphatic rings. The molecule has 7 heteroatoms. The molecule has 1 heterocycles. The van der Waals surface area contributed by atoms with Gasteiger partial charge in [0.2, 0.25) is 0 Å². The molecule has 5 atom stereocenters. The number of rotatable bonds is 4. The Kier molecular flexibility index (Phi) is 3.98. The molecule has 0 spiro atoms. The maximum atomic E-state index is 12.4. The molecule has 1 aromatic heterocycles. The van der Waals surface area contributed by atoms with Crippen LogP contribution < -0.4 is 5.32 Å². The van der Waals surface area contributed by atoms with E-state index >= 15 is 0 Å². The van der Waals surface area contributed by atoms with Gasteiger partial charge >= 0.3 is 0 Å². The fourth-order valence-corrected chi connectivity index (χ4v) is 4.95. The van der Waals surface area contributed by atoms with Crippen molar-refractivity contribution in [2.75, 3.05) is 0 Å². The molecule has 1 amide bonds. The summed E-state index contributed by atoms with van der Waals surface area (Å²) in [5.74, 6) is -0.00941. The molecule has 2 aliphatic carbocycles. The molecular formula is C21H20ClN3O3. The standard InChI is InChI=1S/C21H20ClN3O3/c22-12-6-16(15-10-23-25-17(15)7-12)21(28)8-13-14(9-21)18(13)24-20(27)19(26)11-4-2-1-3-5-11/h1-7,10,13-14,18-19,26,28H,8-9H2,(H,23,25)(H,24,27)/t13-,14+,18-,19?,21+. The van der Waals surface area contributed by atoms with Gasteiger partial charge in [-0.05, 0) is 47.9 Å². The molecular weight excluding hydrogens is 378 g/mol. The molecule has 4 N–H and O–H groups in total. The number of aliphatic hydroxyl groups excluding tert-OH is 1. The molecule has 2 aromatic carbocycles. The first-order chi connectivity index (χ1) is 13.5. The van der Waals surface area contributed by atoms with Crippen molar-refractivity contribution in [3.05, 3.63) is 64.8 Å². The highest BCUT2D eigenvalue weighted by molar-refractivity contribution is 6.31. The van der Waals surface area contributed by atoms with Gasteiger partial charge in [-0.2, -0.15) is 5.10 Å². The first kappa shape index (κ1) is 17.7. The van der Waals surface area contributed by atoms with Crippen LogP contribution in [-0.4, -0.2) is 32.4 Å². The van der Waals surface area contributed by atoms with Crippen LogP contribution in [0.25, 0.3) is 10.9 Å². The third-order valence-corrected chi connectivity index (χ3v) is 6.39. The van der Waals surface area contributed by atoms with Crippen molar-refractivity contribution in [3.8, 4) is 0 Å². The lowest BCUT2D eigenvalue weighted by atomic mass is 9.86. The van der Waals surface area contributed by atoms with E-state index in [1.807, 2.05) is 6.07 Å². The second-order valence-electron chi connectivity index (χ2n) is 7.90. The summed E-state index contributed by atoms with van der Waals surface area (Å²) >= 11 is 6.22. The number of benzene rings is 2. The zero-order chi connectivity index (χ0) is 19.5. The van der Waals surface area contributed by atoms with Crippen LogP contribution in [0.5, 0.6) is 0 Å². The molecule has 1 unspecified atom stereocenters. The molecule has 28 heavy (non-hydrogen) atoms. The number of fused-ring (bicyclic) bond motifs is 2. The van der Waals surface area contributed by atoms with Gasteiger partial charge in [0.25, 0.3) is 5.91 Å². The summed E-state index contributed by atoms with van der Waals surface area (Å²) in [5.41, 5.74) is 1.17. The molecule has 6 nitrogen and oxygen atoms in total. The van der Waals surface area contributed by atoms with Crippen molar-refractivity contribution in [1.29, 1.82) is 0 Å². The van der Waals surface area contributed by atoms with Crippen LogP contribution in [0.1, 0.15) is 30.1 Å². The lowest BCUT2D eigenvalue weighted by Gasteiger charge is -2.27. The van der Waals surface area contributed by atoms with E-state index in [0.717, 1.165) is 16.5 Å². The van der Waals surface area contributed by atoms with E-state index in [-0.39, 0.29) is 17.9 Å². The van der Waals surface area contributed by atoms with Crippen molar-refractivity contribution in [2.45, 2.75) is 30.6 Å². The van der Waals surface area contributed by atoms with Gasteiger partial charge in [-0.15, -0.1) is 0 Å². The van der Waals surface area contributed by atoms with Crippen LogP contribution in [0.4, 0.5) is 0 Å². The SMILES string of the molecule is O=C(N[C@@H]1[C@@H]2C[C@@](O)(c3cc(Cl)cc4[nH]ncc34)C[C@@H]21)C(O)c1ccccc1. The zero-order valence-electron chi connectivity index (χ0n) is 15.0. The van der Waals surface area contributed by atoms with Crippen LogP contribution in [-0.2, 0) is 10.4 Å². The summed E-state index contributed by atoms with van der Waals surface area (Å²) in [4.78, 5) is 12.4. The van der Waals surface area contributed by atoms with E-state index < -0.39 is 17.6 Å². The fraction of sp³-hybridized carbons (Fsp3) is 0.333. The Morgan fingerprint density at radius 2 is 1.96 bits per heavy atom. The van der Waals surface area contributed by atoms with Crippen LogP contribution in [0.3, 0.4) is 0 Å². The first-order valence-electron chi connectivity index (χ1n) is 9.35. The van der Waals surface area contributed by atoms with Crippen LogP contribution in [0, 0.1) is 11.8 Å². The number of nitrogens with one attached hydrogen (secondary N) is 2. The molecule has 0 aliphatic heterocycles. The lowest BCUT2D eigenvalue weighted by Crippen LogP contribution is -2.36. The summed E-state index contributed by atoms with van der Waals surface area (Å²) in [5, 5.41) is 32.8. The van der Waals surface area contributed by atoms with Gasteiger partial charge in [0, 0.05) is 16.5 Å². The summed E-state index contributed by atoms with van der Waals surface area (Å²) in [6.45, 7) is 0. The minimum atomic E-state index is -1.18. The van der Waals surface area contributed by atoms with E-state index in [9.17, 15) is 15.0 Å². The number of amides is 1. The predicted molar refractivity (Wildman–Crippen MR) is 105 cm³/mol. The minimum Gasteiger partial charge on any atom is -0.385 e. The average Bonchev–Trinajstić information content (AvgIpc) is 3.06. The van der Waals surface area contributed by atoms with Gasteiger partial charge in [-0.25, -0.2) is 0 Å². The summed E-state index contributed by atoms with van der Waals surface area (Å²) in [7, 11) is 0. The highest BCUT2D eigenvalue weighted by Crippen LogP contribution is 2.60. The van der Waals surface area contributed by atoms with E-state index in [4.69, 9.17) is 11.6 Å². The summed E-state index contributed by atoms with van der Waals surface area (Å²) in [6.07, 6.45) is 1.62. The molecule has 144 valence electrons. The van der Waals surface area contributed by atoms with Gasteiger partial charge in [-0.1, -0.05) is 41.9 Å². The Morgan fingerprint density at radius 1 is 1.25 bits per heavy atom. The number of hydrogen-bond donors (Lipinski definition) is 4. The fourth-order valence-electron chi connectivity index (χ4n) is 4.73. The Balaban J connectivity index is 1.29. The van der Waals surface area contributed by atoms with Crippen LogP contribution >= 0.6 is 11.6 Å². The highest BCUT2D eigenvalue weighted by atomic mass is 35.5. The Hall–Kier alpha value is -2.41. The smallest absolute Gasteiger partial charge is 0.253 e. The molecule has 2 fully saturated rings. The van der Waals surface area contributed by atoms with Crippen LogP contribution in [0.15, 0.2) is 48.7 Å². The van der Waals surface area contributed by atoms with E-state index in [2.05, 4.69) is 15.5 Å². The first-order valence-corrected chi connectivity index (χ1v) is 9.73. The number of hydrogen-bond acceptors (Lipinski definition) is 4. The molecule has 2 saturated carbocycles. The second-order valence-corrected chi connectivity index (χ2v) is 8.34. The Labute approximate surface area is 166 Å². The molecule has 0 saturated heterocycles. The third-order valence-electron chi connectivity index (χ3n) is 6.18. The largest absolute Gasteiger partial charge is 0.385 e. The maximum Gasteiger partial charge on any atom is 0.253 e. The number of halogens is 1. The maximum absolute atomic E-state index is 12.4. The molecule has 3 aromatic rings. The number of nitrogens with zero attached hydrogens (tertiary/aromatic N) is 1. The van der Waals surface area contributed by atoms with Gasteiger partial charge in [0.1, 0.15) is 0 Å². The van der Waals surface area contributed by atoms with Crippen LogP contribution in [0.2, 0.25) is 5.02 Å². The van der Waals surface area contributed by atoms with E-state index in [1.54, 1.807) is 42.6 Å². The number of H-pyrrole nitrogens is 1. The summed E-state index contributed by atoms with van der Waals surface area (Å²) in [6, 6.07) is 12.5. The minimum absolute atomic E-state index is 0.00911. The average molecular weight is 398 g/mol. The normalized spacial score (nSPS) is 29.5. The lowest BCUT2D eigenvalue weighted by molar-refractivity contribution is -0.130. The van der Waals surface area contributed by atoms with E-state index in [0.29, 0.717) is 23.4 Å². The number of aliphatic hydroxyl groups is 2.